The monoisotopic (exact) mass is 404 g/mol. The Balaban J connectivity index is 1.63. The van der Waals surface area contributed by atoms with Crippen molar-refractivity contribution >= 4 is 35.0 Å². The second kappa shape index (κ2) is 9.94. The smallest absolute Gasteiger partial charge is 0.257 e. The van der Waals surface area contributed by atoms with Crippen LogP contribution in [0.15, 0.2) is 72.8 Å². The molecule has 4 nitrogen and oxygen atoms in total. The first-order valence-electron chi connectivity index (χ1n) is 9.42. The molecule has 3 aromatic carbocycles. The van der Waals surface area contributed by atoms with E-state index in [1.165, 1.54) is 5.56 Å². The van der Waals surface area contributed by atoms with Crippen LogP contribution < -0.4 is 10.6 Å². The van der Waals surface area contributed by atoms with Crippen molar-refractivity contribution in [3.8, 4) is 0 Å². The van der Waals surface area contributed by atoms with Gasteiger partial charge in [-0.05, 0) is 48.7 Å². The Kier molecular flexibility index (Phi) is 7.09. The number of para-hydroxylation sites is 1. The van der Waals surface area contributed by atoms with Crippen molar-refractivity contribution in [2.45, 2.75) is 19.6 Å². The summed E-state index contributed by atoms with van der Waals surface area (Å²) >= 11 is 1.54. The van der Waals surface area contributed by atoms with Crippen LogP contribution in [0.25, 0.3) is 0 Å². The van der Waals surface area contributed by atoms with Crippen molar-refractivity contribution in [1.82, 2.24) is 0 Å². The Labute approximate surface area is 175 Å². The van der Waals surface area contributed by atoms with Crippen LogP contribution in [0.3, 0.4) is 0 Å². The van der Waals surface area contributed by atoms with E-state index in [4.69, 9.17) is 0 Å². The van der Waals surface area contributed by atoms with E-state index in [1.807, 2.05) is 62.4 Å². The number of carbonyl (C=O) groups is 2. The zero-order valence-electron chi connectivity index (χ0n) is 16.6. The number of carbonyl (C=O) groups excluding carboxylic acids is 2. The van der Waals surface area contributed by atoms with Gasteiger partial charge in [-0.15, -0.1) is 11.8 Å². The number of benzene rings is 3. The van der Waals surface area contributed by atoms with Crippen LogP contribution in [-0.2, 0) is 10.5 Å². The van der Waals surface area contributed by atoms with E-state index >= 15 is 0 Å². The van der Waals surface area contributed by atoms with Crippen LogP contribution in [0.4, 0.5) is 11.4 Å². The summed E-state index contributed by atoms with van der Waals surface area (Å²) in [6.07, 6.45) is 0. The predicted molar refractivity (Wildman–Crippen MR) is 122 cm³/mol. The molecule has 2 N–H and O–H groups in total. The van der Waals surface area contributed by atoms with Crippen LogP contribution in [0.5, 0.6) is 0 Å². The first-order valence-corrected chi connectivity index (χ1v) is 10.6. The lowest BCUT2D eigenvalue weighted by atomic mass is 10.1. The van der Waals surface area contributed by atoms with Gasteiger partial charge in [-0.2, -0.15) is 0 Å². The molecule has 0 spiro atoms. The molecule has 0 saturated carbocycles. The highest BCUT2D eigenvalue weighted by Crippen LogP contribution is 2.22. The number of hydrogen-bond donors (Lipinski definition) is 2. The highest BCUT2D eigenvalue weighted by molar-refractivity contribution is 7.99. The second-order valence-corrected chi connectivity index (χ2v) is 7.76. The van der Waals surface area contributed by atoms with E-state index in [1.54, 1.807) is 36.0 Å². The van der Waals surface area contributed by atoms with Crippen LogP contribution in [0.1, 0.15) is 27.0 Å². The Bertz CT molecular complexity index is 1000. The molecule has 29 heavy (non-hydrogen) atoms. The molecule has 0 aliphatic rings. The molecule has 0 fully saturated rings. The lowest BCUT2D eigenvalue weighted by Crippen LogP contribution is -2.19. The van der Waals surface area contributed by atoms with Crippen molar-refractivity contribution < 1.29 is 9.59 Å². The molecule has 0 atom stereocenters. The zero-order valence-corrected chi connectivity index (χ0v) is 17.4. The first-order chi connectivity index (χ1) is 14.0. The first kappa shape index (κ1) is 20.7. The number of aryl methyl sites for hydroxylation is 1. The van der Waals surface area contributed by atoms with Gasteiger partial charge in [0.05, 0.1) is 17.0 Å². The maximum absolute atomic E-state index is 12.8. The molecule has 0 radical (unpaired) electrons. The quantitative estimate of drug-likeness (QED) is 0.552. The van der Waals surface area contributed by atoms with Crippen LogP contribution in [0.2, 0.25) is 0 Å². The number of nitrogens with one attached hydrogen (secondary N) is 2. The number of rotatable bonds is 7. The summed E-state index contributed by atoms with van der Waals surface area (Å²) in [5, 5.41) is 5.82. The van der Waals surface area contributed by atoms with E-state index in [0.717, 1.165) is 22.6 Å². The van der Waals surface area contributed by atoms with Gasteiger partial charge in [0.15, 0.2) is 0 Å². The number of anilines is 2. The summed E-state index contributed by atoms with van der Waals surface area (Å²) in [6.45, 7) is 3.98. The molecular formula is C24H24N2O2S. The fourth-order valence-electron chi connectivity index (χ4n) is 2.89. The molecular weight excluding hydrogens is 380 g/mol. The van der Waals surface area contributed by atoms with Crippen LogP contribution >= 0.6 is 11.8 Å². The summed E-state index contributed by atoms with van der Waals surface area (Å²) in [5.74, 6) is 0.717. The third kappa shape index (κ3) is 5.72. The molecule has 0 saturated heterocycles. The van der Waals surface area contributed by atoms with Gasteiger partial charge in [0.2, 0.25) is 5.91 Å². The summed E-state index contributed by atoms with van der Waals surface area (Å²) in [7, 11) is 0. The zero-order chi connectivity index (χ0) is 20.6. The Hall–Kier alpha value is -3.05. The lowest BCUT2D eigenvalue weighted by molar-refractivity contribution is -0.113. The Morgan fingerprint density at radius 2 is 1.48 bits per heavy atom. The average molecular weight is 405 g/mol. The number of thioether (sulfide) groups is 1. The third-order valence-electron chi connectivity index (χ3n) is 4.64. The minimum Gasteiger partial charge on any atom is -0.325 e. The summed E-state index contributed by atoms with van der Waals surface area (Å²) in [5.41, 5.74) is 5.04. The van der Waals surface area contributed by atoms with E-state index < -0.39 is 0 Å². The van der Waals surface area contributed by atoms with E-state index in [9.17, 15) is 9.59 Å². The van der Waals surface area contributed by atoms with Gasteiger partial charge in [-0.3, -0.25) is 9.59 Å². The van der Waals surface area contributed by atoms with Gasteiger partial charge in [0, 0.05) is 11.4 Å². The molecule has 0 aromatic heterocycles. The summed E-state index contributed by atoms with van der Waals surface area (Å²) in [6, 6.07) is 22.9. The van der Waals surface area contributed by atoms with Crippen molar-refractivity contribution in [3.05, 3.63) is 95.1 Å². The van der Waals surface area contributed by atoms with Gasteiger partial charge >= 0.3 is 0 Å². The van der Waals surface area contributed by atoms with Gasteiger partial charge in [-0.1, -0.05) is 54.6 Å². The highest BCUT2D eigenvalue weighted by atomic mass is 32.2. The van der Waals surface area contributed by atoms with Gasteiger partial charge in [0.25, 0.3) is 5.91 Å². The van der Waals surface area contributed by atoms with Crippen LogP contribution in [-0.4, -0.2) is 17.6 Å². The molecule has 0 bridgehead atoms. The number of amides is 2. The molecule has 0 aliphatic heterocycles. The molecule has 5 heteroatoms. The Morgan fingerprint density at radius 3 is 2.28 bits per heavy atom. The number of hydrogen-bond acceptors (Lipinski definition) is 3. The summed E-state index contributed by atoms with van der Waals surface area (Å²) in [4.78, 5) is 25.2. The van der Waals surface area contributed by atoms with Crippen molar-refractivity contribution in [3.63, 3.8) is 0 Å². The molecule has 0 aliphatic carbocycles. The van der Waals surface area contributed by atoms with Crippen molar-refractivity contribution in [1.29, 1.82) is 0 Å². The maximum atomic E-state index is 12.8. The fraction of sp³-hybridized carbons (Fsp3) is 0.167. The normalized spacial score (nSPS) is 10.4. The van der Waals surface area contributed by atoms with Gasteiger partial charge in [0.1, 0.15) is 0 Å². The maximum Gasteiger partial charge on any atom is 0.257 e. The molecule has 0 unspecified atom stereocenters. The van der Waals surface area contributed by atoms with E-state index in [2.05, 4.69) is 10.6 Å². The highest BCUT2D eigenvalue weighted by Gasteiger charge is 2.14. The van der Waals surface area contributed by atoms with Gasteiger partial charge < -0.3 is 10.6 Å². The molecule has 3 aromatic rings. The van der Waals surface area contributed by atoms with E-state index in [0.29, 0.717) is 17.0 Å². The molecule has 2 amide bonds. The largest absolute Gasteiger partial charge is 0.325 e. The average Bonchev–Trinajstić information content (AvgIpc) is 2.72. The third-order valence-corrected chi connectivity index (χ3v) is 5.65. The topological polar surface area (TPSA) is 58.2 Å². The standard InChI is InChI=1S/C24H24N2O2S/c1-17-9-8-14-21(18(17)2)26-24(28)20-12-6-7-13-22(20)25-23(27)16-29-15-19-10-4-3-5-11-19/h3-14H,15-16H2,1-2H3,(H,25,27)(H,26,28). The molecule has 3 rings (SSSR count). The fourth-order valence-corrected chi connectivity index (χ4v) is 3.68. The molecule has 148 valence electrons. The second-order valence-electron chi connectivity index (χ2n) is 6.77. The lowest BCUT2D eigenvalue weighted by Gasteiger charge is -2.13. The van der Waals surface area contributed by atoms with Crippen molar-refractivity contribution in [2.75, 3.05) is 16.4 Å². The summed E-state index contributed by atoms with van der Waals surface area (Å²) < 4.78 is 0. The van der Waals surface area contributed by atoms with E-state index in [-0.39, 0.29) is 11.8 Å². The SMILES string of the molecule is Cc1cccc(NC(=O)c2ccccc2NC(=O)CSCc2ccccc2)c1C. The minimum atomic E-state index is -0.244. The van der Waals surface area contributed by atoms with Crippen LogP contribution in [0, 0.1) is 13.8 Å². The van der Waals surface area contributed by atoms with Crippen molar-refractivity contribution in [2.24, 2.45) is 0 Å². The molecule has 0 heterocycles. The predicted octanol–water partition coefficient (Wildman–Crippen LogP) is 5.43. The minimum absolute atomic E-state index is 0.127. The van der Waals surface area contributed by atoms with Gasteiger partial charge in [-0.25, -0.2) is 0 Å². The Morgan fingerprint density at radius 1 is 0.793 bits per heavy atom.